The molecule has 0 saturated carbocycles. The smallest absolute Gasteiger partial charge is 0.252 e. The van der Waals surface area contributed by atoms with Gasteiger partial charge in [-0.15, -0.1) is 23.1 Å². The fourth-order valence-corrected chi connectivity index (χ4v) is 4.30. The predicted molar refractivity (Wildman–Crippen MR) is 110 cm³/mol. The summed E-state index contributed by atoms with van der Waals surface area (Å²) in [5, 5.41) is 6.20. The minimum atomic E-state index is -0.00406. The quantitative estimate of drug-likeness (QED) is 0.435. The number of aromatic nitrogens is 1. The number of aryl methyl sites for hydroxylation is 2. The molecular weight excluding hydrogens is 360 g/mol. The minimum Gasteiger partial charge on any atom is -0.352 e. The second-order valence-corrected chi connectivity index (χ2v) is 8.07. The number of benzene rings is 2. The minimum absolute atomic E-state index is 0.00406. The van der Waals surface area contributed by atoms with Gasteiger partial charge in [-0.05, 0) is 37.5 Å². The van der Waals surface area contributed by atoms with E-state index in [1.807, 2.05) is 49.4 Å². The summed E-state index contributed by atoms with van der Waals surface area (Å²) in [6, 6.07) is 18.1. The third-order valence-electron chi connectivity index (χ3n) is 3.94. The lowest BCUT2D eigenvalue weighted by molar-refractivity contribution is 0.0950. The molecule has 5 heteroatoms. The highest BCUT2D eigenvalue weighted by molar-refractivity contribution is 7.98. The molecule has 134 valence electrons. The molecule has 1 heterocycles. The lowest BCUT2D eigenvalue weighted by atomic mass is 10.1. The Morgan fingerprint density at radius 1 is 1.12 bits per heavy atom. The van der Waals surface area contributed by atoms with Gasteiger partial charge in [0.1, 0.15) is 0 Å². The van der Waals surface area contributed by atoms with Crippen LogP contribution in [0.3, 0.4) is 0 Å². The molecule has 0 aliphatic rings. The van der Waals surface area contributed by atoms with Crippen LogP contribution in [0.2, 0.25) is 0 Å². The first-order valence-corrected chi connectivity index (χ1v) is 10.5. The van der Waals surface area contributed by atoms with E-state index in [9.17, 15) is 4.79 Å². The first-order chi connectivity index (χ1) is 12.7. The summed E-state index contributed by atoms with van der Waals surface area (Å²) in [5.74, 6) is 0.776. The van der Waals surface area contributed by atoms with Gasteiger partial charge in [0.15, 0.2) is 0 Å². The number of carbonyl (C=O) groups is 1. The van der Waals surface area contributed by atoms with E-state index in [1.54, 1.807) is 23.1 Å². The Balaban J connectivity index is 1.52. The topological polar surface area (TPSA) is 42.0 Å². The van der Waals surface area contributed by atoms with Gasteiger partial charge in [-0.1, -0.05) is 42.5 Å². The average molecular weight is 383 g/mol. The van der Waals surface area contributed by atoms with E-state index in [-0.39, 0.29) is 5.91 Å². The molecule has 0 spiro atoms. The molecular formula is C21H22N2OS2. The molecule has 0 unspecified atom stereocenters. The van der Waals surface area contributed by atoms with E-state index >= 15 is 0 Å². The van der Waals surface area contributed by atoms with Crippen molar-refractivity contribution in [2.24, 2.45) is 0 Å². The number of hydrogen-bond donors (Lipinski definition) is 1. The largest absolute Gasteiger partial charge is 0.352 e. The molecule has 0 radical (unpaired) electrons. The Labute approximate surface area is 162 Å². The molecule has 3 rings (SSSR count). The van der Waals surface area contributed by atoms with Crippen LogP contribution in [0.25, 0.3) is 0 Å². The maximum Gasteiger partial charge on any atom is 0.252 e. The fourth-order valence-electron chi connectivity index (χ4n) is 2.64. The standard InChI is InChI=1S/C21H22N2OS2/c1-16-23-18(14-25-16)15-26-20-12-6-5-11-19(20)21(24)22-13-7-10-17-8-3-2-4-9-17/h2-6,8-9,11-12,14H,7,10,13,15H2,1H3,(H,22,24). The van der Waals surface area contributed by atoms with E-state index in [0.717, 1.165) is 39.8 Å². The molecule has 3 nitrogen and oxygen atoms in total. The van der Waals surface area contributed by atoms with E-state index in [4.69, 9.17) is 0 Å². The first-order valence-electron chi connectivity index (χ1n) is 8.67. The summed E-state index contributed by atoms with van der Waals surface area (Å²) >= 11 is 3.32. The van der Waals surface area contributed by atoms with Crippen molar-refractivity contribution in [3.05, 3.63) is 81.8 Å². The number of thioether (sulfide) groups is 1. The molecule has 26 heavy (non-hydrogen) atoms. The van der Waals surface area contributed by atoms with Crippen molar-refractivity contribution in [3.8, 4) is 0 Å². The fraction of sp³-hybridized carbons (Fsp3) is 0.238. The second-order valence-electron chi connectivity index (χ2n) is 5.99. The van der Waals surface area contributed by atoms with E-state index in [0.29, 0.717) is 6.54 Å². The number of amides is 1. The van der Waals surface area contributed by atoms with Crippen LogP contribution in [0.4, 0.5) is 0 Å². The van der Waals surface area contributed by atoms with Crippen LogP contribution in [0.15, 0.2) is 64.9 Å². The molecule has 0 aliphatic carbocycles. The van der Waals surface area contributed by atoms with Crippen LogP contribution in [0.1, 0.15) is 33.0 Å². The molecule has 0 bridgehead atoms. The van der Waals surface area contributed by atoms with Gasteiger partial charge in [0.05, 0.1) is 16.3 Å². The summed E-state index contributed by atoms with van der Waals surface area (Å²) in [5.41, 5.74) is 3.11. The summed E-state index contributed by atoms with van der Waals surface area (Å²) in [6.07, 6.45) is 1.91. The predicted octanol–water partition coefficient (Wildman–Crippen LogP) is 5.11. The van der Waals surface area contributed by atoms with Gasteiger partial charge in [0, 0.05) is 22.6 Å². The Morgan fingerprint density at radius 3 is 2.65 bits per heavy atom. The number of hydrogen-bond acceptors (Lipinski definition) is 4. The van der Waals surface area contributed by atoms with Crippen LogP contribution < -0.4 is 5.32 Å². The van der Waals surface area contributed by atoms with E-state index in [2.05, 4.69) is 27.8 Å². The summed E-state index contributed by atoms with van der Waals surface area (Å²) in [6.45, 7) is 2.69. The van der Waals surface area contributed by atoms with E-state index < -0.39 is 0 Å². The van der Waals surface area contributed by atoms with Gasteiger partial charge in [-0.3, -0.25) is 4.79 Å². The molecule has 1 amide bonds. The third-order valence-corrected chi connectivity index (χ3v) is 5.87. The van der Waals surface area contributed by atoms with Crippen LogP contribution in [0.5, 0.6) is 0 Å². The zero-order chi connectivity index (χ0) is 18.2. The number of rotatable bonds is 8. The van der Waals surface area contributed by atoms with Crippen LogP contribution >= 0.6 is 23.1 Å². The highest BCUT2D eigenvalue weighted by atomic mass is 32.2. The summed E-state index contributed by atoms with van der Waals surface area (Å²) < 4.78 is 0. The van der Waals surface area contributed by atoms with Crippen LogP contribution in [-0.2, 0) is 12.2 Å². The average Bonchev–Trinajstić information content (AvgIpc) is 3.10. The maximum atomic E-state index is 12.6. The van der Waals surface area contributed by atoms with Gasteiger partial charge >= 0.3 is 0 Å². The lowest BCUT2D eigenvalue weighted by Gasteiger charge is -2.09. The van der Waals surface area contributed by atoms with Crippen molar-refractivity contribution >= 4 is 29.0 Å². The SMILES string of the molecule is Cc1nc(CSc2ccccc2C(=O)NCCCc2ccccc2)cs1. The Morgan fingerprint density at radius 2 is 1.88 bits per heavy atom. The zero-order valence-corrected chi connectivity index (χ0v) is 16.4. The van der Waals surface area contributed by atoms with Crippen molar-refractivity contribution in [3.63, 3.8) is 0 Å². The van der Waals surface area contributed by atoms with E-state index in [1.165, 1.54) is 5.56 Å². The Bertz CT molecular complexity index is 846. The molecule has 0 saturated heterocycles. The highest BCUT2D eigenvalue weighted by Gasteiger charge is 2.11. The molecule has 1 aromatic heterocycles. The van der Waals surface area contributed by atoms with Gasteiger partial charge in [0.2, 0.25) is 0 Å². The Kier molecular flexibility index (Phi) is 6.86. The number of nitrogens with zero attached hydrogens (tertiary/aromatic N) is 1. The van der Waals surface area contributed by atoms with Crippen molar-refractivity contribution in [2.75, 3.05) is 6.54 Å². The van der Waals surface area contributed by atoms with Gasteiger partial charge in [-0.2, -0.15) is 0 Å². The first kappa shape index (κ1) is 18.7. The highest BCUT2D eigenvalue weighted by Crippen LogP contribution is 2.26. The summed E-state index contributed by atoms with van der Waals surface area (Å²) in [7, 11) is 0. The lowest BCUT2D eigenvalue weighted by Crippen LogP contribution is -2.25. The van der Waals surface area contributed by atoms with Gasteiger partial charge in [-0.25, -0.2) is 4.98 Å². The molecule has 0 atom stereocenters. The molecule has 0 aliphatic heterocycles. The molecule has 1 N–H and O–H groups in total. The number of carbonyl (C=O) groups excluding carboxylic acids is 1. The van der Waals surface area contributed by atoms with Crippen molar-refractivity contribution in [1.82, 2.24) is 10.3 Å². The molecule has 2 aromatic carbocycles. The monoisotopic (exact) mass is 382 g/mol. The van der Waals surface area contributed by atoms with Gasteiger partial charge in [0.25, 0.3) is 5.91 Å². The molecule has 3 aromatic rings. The van der Waals surface area contributed by atoms with Crippen LogP contribution in [-0.4, -0.2) is 17.4 Å². The maximum absolute atomic E-state index is 12.6. The van der Waals surface area contributed by atoms with Gasteiger partial charge < -0.3 is 5.32 Å². The van der Waals surface area contributed by atoms with Crippen molar-refractivity contribution in [2.45, 2.75) is 30.4 Å². The van der Waals surface area contributed by atoms with Crippen molar-refractivity contribution in [1.29, 1.82) is 0 Å². The second kappa shape index (κ2) is 9.55. The van der Waals surface area contributed by atoms with Crippen LogP contribution in [0, 0.1) is 6.92 Å². The number of thiazole rings is 1. The zero-order valence-electron chi connectivity index (χ0n) is 14.8. The Hall–Kier alpha value is -2.11. The normalized spacial score (nSPS) is 10.7. The molecule has 0 fully saturated rings. The number of nitrogens with one attached hydrogen (secondary N) is 1. The third kappa shape index (κ3) is 5.44. The van der Waals surface area contributed by atoms with Crippen molar-refractivity contribution < 1.29 is 4.79 Å². The summed E-state index contributed by atoms with van der Waals surface area (Å²) in [4.78, 5) is 18.0.